The summed E-state index contributed by atoms with van der Waals surface area (Å²) in [6, 6.07) is 29.7. The molecule has 0 bridgehead atoms. The first-order chi connectivity index (χ1) is 19.7. The molecule has 41 heavy (non-hydrogen) atoms. The molecule has 1 aliphatic carbocycles. The first-order valence-electron chi connectivity index (χ1n) is 14.3. The normalized spacial score (nSPS) is 16.6. The number of carboxylic acid groups (broad SMARTS) is 1. The number of carbonyl (C=O) groups is 2. The number of fused-ring (bicyclic) bond motifs is 1. The average molecular weight is 544 g/mol. The highest BCUT2D eigenvalue weighted by molar-refractivity contribution is 5.96. The minimum Gasteiger partial charge on any atom is -0.478 e. The Morgan fingerprint density at radius 1 is 0.854 bits per heavy atom. The molecule has 1 aliphatic rings. The van der Waals surface area contributed by atoms with Gasteiger partial charge in [-0.05, 0) is 108 Å². The van der Waals surface area contributed by atoms with Gasteiger partial charge in [-0.1, -0.05) is 85.3 Å². The van der Waals surface area contributed by atoms with Gasteiger partial charge in [-0.25, -0.2) is 4.79 Å². The summed E-state index contributed by atoms with van der Waals surface area (Å²) in [4.78, 5) is 24.8. The molecular formula is C37H37NO3. The van der Waals surface area contributed by atoms with E-state index in [2.05, 4.69) is 63.3 Å². The first kappa shape index (κ1) is 28.1. The molecule has 4 nitrogen and oxygen atoms in total. The topological polar surface area (TPSA) is 66.4 Å². The zero-order chi connectivity index (χ0) is 29.1. The number of carbonyl (C=O) groups excluding carboxylic acids is 1. The third-order valence-corrected chi connectivity index (χ3v) is 8.75. The lowest BCUT2D eigenvalue weighted by molar-refractivity contribution is 0.0697. The van der Waals surface area contributed by atoms with Crippen molar-refractivity contribution in [3.63, 3.8) is 0 Å². The fraction of sp³-hybridized carbons (Fsp3) is 0.243. The molecule has 1 amide bonds. The van der Waals surface area contributed by atoms with E-state index in [0.29, 0.717) is 29.5 Å². The molecule has 0 aromatic heterocycles. The Bertz CT molecular complexity index is 1630. The second-order valence-electron chi connectivity index (χ2n) is 11.3. The predicted molar refractivity (Wildman–Crippen MR) is 166 cm³/mol. The van der Waals surface area contributed by atoms with Crippen LogP contribution in [0.2, 0.25) is 0 Å². The van der Waals surface area contributed by atoms with Crippen molar-refractivity contribution in [2.45, 2.75) is 53.0 Å². The lowest BCUT2D eigenvalue weighted by Gasteiger charge is -2.24. The molecule has 0 fully saturated rings. The Labute approximate surface area is 242 Å². The minimum atomic E-state index is -0.916. The van der Waals surface area contributed by atoms with Gasteiger partial charge in [0.05, 0.1) is 5.56 Å². The molecule has 4 aromatic rings. The van der Waals surface area contributed by atoms with Crippen LogP contribution in [0, 0.1) is 12.8 Å². The Morgan fingerprint density at radius 2 is 1.56 bits per heavy atom. The fourth-order valence-electron chi connectivity index (χ4n) is 6.01. The zero-order valence-corrected chi connectivity index (χ0v) is 24.2. The molecule has 0 saturated heterocycles. The number of carboxylic acids is 1. The highest BCUT2D eigenvalue weighted by Crippen LogP contribution is 2.41. The number of aromatic carboxylic acids is 1. The number of rotatable bonds is 7. The maximum atomic E-state index is 13.1. The number of hydrogen-bond donors (Lipinski definition) is 2. The summed E-state index contributed by atoms with van der Waals surface area (Å²) in [7, 11) is 0. The molecule has 208 valence electrons. The van der Waals surface area contributed by atoms with Crippen LogP contribution in [0.4, 0.5) is 0 Å². The van der Waals surface area contributed by atoms with Crippen molar-refractivity contribution in [3.05, 3.63) is 136 Å². The quantitative estimate of drug-likeness (QED) is 0.246. The van der Waals surface area contributed by atoms with Crippen LogP contribution in [0.5, 0.6) is 0 Å². The van der Waals surface area contributed by atoms with Gasteiger partial charge >= 0.3 is 5.97 Å². The number of allylic oxidation sites excluding steroid dienone is 2. The average Bonchev–Trinajstić information content (AvgIpc) is 3.07. The van der Waals surface area contributed by atoms with Crippen molar-refractivity contribution in [1.82, 2.24) is 5.32 Å². The van der Waals surface area contributed by atoms with E-state index in [-0.39, 0.29) is 5.91 Å². The van der Waals surface area contributed by atoms with E-state index in [0.717, 1.165) is 29.5 Å². The first-order valence-corrected chi connectivity index (χ1v) is 14.3. The molecule has 0 aliphatic heterocycles. The van der Waals surface area contributed by atoms with Crippen molar-refractivity contribution in [2.24, 2.45) is 5.92 Å². The number of hydrogen-bond acceptors (Lipinski definition) is 2. The van der Waals surface area contributed by atoms with Gasteiger partial charge in [0.1, 0.15) is 0 Å². The Morgan fingerprint density at radius 3 is 2.29 bits per heavy atom. The van der Waals surface area contributed by atoms with Crippen LogP contribution in [0.1, 0.15) is 81.6 Å². The van der Waals surface area contributed by atoms with Crippen molar-refractivity contribution in [1.29, 1.82) is 0 Å². The Kier molecular flexibility index (Phi) is 8.21. The summed E-state index contributed by atoms with van der Waals surface area (Å²) in [6.45, 7) is 9.25. The van der Waals surface area contributed by atoms with E-state index in [1.807, 2.05) is 48.5 Å². The molecule has 0 heterocycles. The van der Waals surface area contributed by atoms with Crippen LogP contribution in [0.25, 0.3) is 16.7 Å². The van der Waals surface area contributed by atoms with Gasteiger partial charge in [0.25, 0.3) is 5.91 Å². The van der Waals surface area contributed by atoms with Crippen molar-refractivity contribution >= 4 is 17.4 Å². The molecular weight excluding hydrogens is 506 g/mol. The maximum Gasteiger partial charge on any atom is 0.336 e. The molecule has 0 radical (unpaired) electrons. The molecule has 0 saturated carbocycles. The molecule has 0 spiro atoms. The third kappa shape index (κ3) is 6.02. The number of aryl methyl sites for hydroxylation is 1. The molecule has 2 unspecified atom stereocenters. The largest absolute Gasteiger partial charge is 0.478 e. The molecule has 4 aromatic carbocycles. The summed E-state index contributed by atoms with van der Waals surface area (Å²) >= 11 is 0. The lowest BCUT2D eigenvalue weighted by atomic mass is 9.80. The van der Waals surface area contributed by atoms with Gasteiger partial charge in [0, 0.05) is 12.1 Å². The fourth-order valence-corrected chi connectivity index (χ4v) is 6.01. The van der Waals surface area contributed by atoms with E-state index < -0.39 is 5.97 Å². The summed E-state index contributed by atoms with van der Waals surface area (Å²) in [5, 5.41) is 12.7. The summed E-state index contributed by atoms with van der Waals surface area (Å²) in [5.41, 5.74) is 11.2. The van der Waals surface area contributed by atoms with Crippen LogP contribution in [0.15, 0.2) is 96.6 Å². The second-order valence-corrected chi connectivity index (χ2v) is 11.3. The highest BCUT2D eigenvalue weighted by atomic mass is 16.4. The van der Waals surface area contributed by atoms with Gasteiger partial charge in [-0.3, -0.25) is 4.79 Å². The molecule has 2 N–H and O–H groups in total. The van der Waals surface area contributed by atoms with Crippen molar-refractivity contribution in [2.75, 3.05) is 0 Å². The van der Waals surface area contributed by atoms with E-state index >= 15 is 0 Å². The lowest BCUT2D eigenvalue weighted by Crippen LogP contribution is -2.23. The van der Waals surface area contributed by atoms with Crippen molar-refractivity contribution < 1.29 is 14.7 Å². The van der Waals surface area contributed by atoms with Gasteiger partial charge in [-0.15, -0.1) is 0 Å². The van der Waals surface area contributed by atoms with Crippen LogP contribution >= 0.6 is 0 Å². The van der Waals surface area contributed by atoms with Gasteiger partial charge < -0.3 is 10.4 Å². The summed E-state index contributed by atoms with van der Waals surface area (Å²) < 4.78 is 0. The highest BCUT2D eigenvalue weighted by Gasteiger charge is 2.27. The van der Waals surface area contributed by atoms with Crippen molar-refractivity contribution in [3.8, 4) is 11.1 Å². The Hall–Kier alpha value is -4.44. The number of amides is 1. The zero-order valence-electron chi connectivity index (χ0n) is 24.2. The van der Waals surface area contributed by atoms with Crippen LogP contribution in [-0.2, 0) is 13.0 Å². The number of nitrogens with one attached hydrogen (secondary N) is 1. The van der Waals surface area contributed by atoms with Crippen LogP contribution in [-0.4, -0.2) is 17.0 Å². The van der Waals surface area contributed by atoms with E-state index in [1.54, 1.807) is 12.1 Å². The monoisotopic (exact) mass is 543 g/mol. The van der Waals surface area contributed by atoms with E-state index in [1.165, 1.54) is 33.4 Å². The molecule has 2 atom stereocenters. The second kappa shape index (κ2) is 12.0. The SMILES string of the molecule is CC1=C(C)c2cc(C(=O)NCc3ccccc3C)ccc2C(C)C(Cc2ccc(-c3ccccc3C(=O)O)cc2)C1. The smallest absolute Gasteiger partial charge is 0.336 e. The van der Waals surface area contributed by atoms with Crippen LogP contribution < -0.4 is 5.32 Å². The van der Waals surface area contributed by atoms with Gasteiger partial charge in [-0.2, -0.15) is 0 Å². The molecule has 4 heteroatoms. The summed E-state index contributed by atoms with van der Waals surface area (Å²) in [5.74, 6) is -0.252. The van der Waals surface area contributed by atoms with Gasteiger partial charge in [0.2, 0.25) is 0 Å². The third-order valence-electron chi connectivity index (χ3n) is 8.75. The Balaban J connectivity index is 1.35. The van der Waals surface area contributed by atoms with E-state index in [9.17, 15) is 14.7 Å². The minimum absolute atomic E-state index is 0.0560. The van der Waals surface area contributed by atoms with E-state index in [4.69, 9.17) is 0 Å². The number of benzene rings is 4. The molecule has 5 rings (SSSR count). The predicted octanol–water partition coefficient (Wildman–Crippen LogP) is 8.45. The van der Waals surface area contributed by atoms with Crippen LogP contribution in [0.3, 0.4) is 0 Å². The standard InChI is InChI=1S/C37H37NO3/c1-23-9-5-6-10-30(23)22-38-36(39)29-17-18-32-26(4)31(19-24(2)25(3)35(32)21-29)20-27-13-15-28(16-14-27)33-11-7-8-12-34(33)37(40)41/h5-18,21,26,31H,19-20,22H2,1-4H3,(H,38,39)(H,40,41). The summed E-state index contributed by atoms with van der Waals surface area (Å²) in [6.07, 6.45) is 1.91. The van der Waals surface area contributed by atoms with Gasteiger partial charge in [0.15, 0.2) is 0 Å². The maximum absolute atomic E-state index is 13.1.